The Balaban J connectivity index is 1.93. The van der Waals surface area contributed by atoms with E-state index in [4.69, 9.17) is 4.74 Å². The van der Waals surface area contributed by atoms with Crippen molar-refractivity contribution in [2.75, 3.05) is 12.4 Å². The third kappa shape index (κ3) is 2.47. The van der Waals surface area contributed by atoms with Crippen LogP contribution in [0, 0.1) is 0 Å². The molecule has 3 nitrogen and oxygen atoms in total. The molecule has 1 atom stereocenters. The van der Waals surface area contributed by atoms with Gasteiger partial charge in [-0.3, -0.25) is 4.79 Å². The number of alkyl halides is 1. The number of benzene rings is 1. The van der Waals surface area contributed by atoms with Crippen LogP contribution in [0.1, 0.15) is 27.3 Å². The maximum absolute atomic E-state index is 11.4. The second-order valence-electron chi connectivity index (χ2n) is 4.68. The number of rotatable bonds is 3. The van der Waals surface area contributed by atoms with Crippen molar-refractivity contribution < 1.29 is 9.53 Å². The van der Waals surface area contributed by atoms with Gasteiger partial charge in [-0.2, -0.15) is 0 Å². The Morgan fingerprint density at radius 1 is 1.35 bits per heavy atom. The summed E-state index contributed by atoms with van der Waals surface area (Å²) >= 11 is 5.42. The highest BCUT2D eigenvalue weighted by Gasteiger charge is 2.20. The fourth-order valence-corrected chi connectivity index (χ4v) is 4.07. The molecule has 3 rings (SSSR count). The summed E-state index contributed by atoms with van der Waals surface area (Å²) in [5.41, 5.74) is 3.31. The smallest absolute Gasteiger partial charge is 0.224 e. The van der Waals surface area contributed by atoms with Crippen LogP contribution in [0.5, 0.6) is 5.75 Å². The Morgan fingerprint density at radius 2 is 2.20 bits per heavy atom. The lowest BCUT2D eigenvalue weighted by Crippen LogP contribution is -2.19. The van der Waals surface area contributed by atoms with Crippen LogP contribution in [0.4, 0.5) is 5.69 Å². The highest BCUT2D eigenvalue weighted by atomic mass is 79.9. The van der Waals surface area contributed by atoms with Crippen LogP contribution in [-0.2, 0) is 11.2 Å². The number of fused-ring (bicyclic) bond motifs is 1. The van der Waals surface area contributed by atoms with Crippen molar-refractivity contribution in [3.8, 4) is 5.75 Å². The molecule has 2 heterocycles. The van der Waals surface area contributed by atoms with Gasteiger partial charge in [0, 0.05) is 12.1 Å². The number of aryl methyl sites for hydroxylation is 1. The minimum Gasteiger partial charge on any atom is -0.496 e. The van der Waals surface area contributed by atoms with E-state index >= 15 is 0 Å². The van der Waals surface area contributed by atoms with Crippen LogP contribution in [-0.4, -0.2) is 13.0 Å². The van der Waals surface area contributed by atoms with E-state index in [9.17, 15) is 4.79 Å². The summed E-state index contributed by atoms with van der Waals surface area (Å²) in [6.07, 6.45) is 1.36. The lowest BCUT2D eigenvalue weighted by Gasteiger charge is -2.19. The first-order chi connectivity index (χ1) is 9.69. The van der Waals surface area contributed by atoms with Crippen molar-refractivity contribution >= 4 is 38.9 Å². The van der Waals surface area contributed by atoms with Gasteiger partial charge in [0.05, 0.1) is 16.8 Å². The summed E-state index contributed by atoms with van der Waals surface area (Å²) in [5.74, 6) is 1.00. The molecule has 5 heteroatoms. The second kappa shape index (κ2) is 5.58. The van der Waals surface area contributed by atoms with E-state index < -0.39 is 0 Å². The summed E-state index contributed by atoms with van der Waals surface area (Å²) in [6, 6.07) is 8.17. The Bertz CT molecular complexity index is 653. The van der Waals surface area contributed by atoms with Crippen LogP contribution in [0.3, 0.4) is 0 Å². The van der Waals surface area contributed by atoms with Crippen LogP contribution in [0.2, 0.25) is 0 Å². The van der Waals surface area contributed by atoms with Crippen LogP contribution < -0.4 is 10.1 Å². The number of hydrogen-bond acceptors (Lipinski definition) is 3. The second-order valence-corrected chi connectivity index (χ2v) is 6.54. The number of carbonyl (C=O) groups is 1. The molecular formula is C15H14BrNO2S. The lowest BCUT2D eigenvalue weighted by atomic mass is 9.99. The van der Waals surface area contributed by atoms with Gasteiger partial charge in [-0.25, -0.2) is 0 Å². The molecule has 0 radical (unpaired) electrons. The van der Waals surface area contributed by atoms with Crippen molar-refractivity contribution in [3.63, 3.8) is 0 Å². The van der Waals surface area contributed by atoms with E-state index in [1.807, 2.05) is 23.6 Å². The van der Waals surface area contributed by atoms with Crippen LogP contribution >= 0.6 is 27.3 Å². The predicted molar refractivity (Wildman–Crippen MR) is 85.0 cm³/mol. The van der Waals surface area contributed by atoms with Gasteiger partial charge in [0.15, 0.2) is 0 Å². The van der Waals surface area contributed by atoms with E-state index in [0.717, 1.165) is 22.7 Å². The number of hydrogen-bond donors (Lipinski definition) is 1. The molecule has 2 aromatic rings. The molecule has 20 heavy (non-hydrogen) atoms. The van der Waals surface area contributed by atoms with Gasteiger partial charge in [-0.1, -0.05) is 28.1 Å². The predicted octanol–water partition coefficient (Wildman–Crippen LogP) is 4.13. The zero-order valence-corrected chi connectivity index (χ0v) is 13.4. The molecule has 1 N–H and O–H groups in total. The van der Waals surface area contributed by atoms with Gasteiger partial charge in [0.25, 0.3) is 0 Å². The number of amides is 1. The van der Waals surface area contributed by atoms with E-state index in [1.165, 1.54) is 11.1 Å². The zero-order valence-electron chi connectivity index (χ0n) is 11.0. The molecular weight excluding hydrogens is 338 g/mol. The highest BCUT2D eigenvalue weighted by Crippen LogP contribution is 2.41. The SMILES string of the molecule is COc1ccsc1C(Br)c1ccc2c(c1)CCC(=O)N2. The molecule has 0 spiro atoms. The largest absolute Gasteiger partial charge is 0.496 e. The Kier molecular flexibility index (Phi) is 3.81. The molecule has 0 fully saturated rings. The Hall–Kier alpha value is -1.33. The van der Waals surface area contributed by atoms with Gasteiger partial charge in [0.2, 0.25) is 5.91 Å². The van der Waals surface area contributed by atoms with E-state index in [2.05, 4.69) is 27.3 Å². The first-order valence-corrected chi connectivity index (χ1v) is 8.16. The molecule has 1 aliphatic heterocycles. The molecule has 1 unspecified atom stereocenters. The van der Waals surface area contributed by atoms with Crippen molar-refractivity contribution in [2.24, 2.45) is 0 Å². The van der Waals surface area contributed by atoms with Gasteiger partial charge >= 0.3 is 0 Å². The first-order valence-electron chi connectivity index (χ1n) is 6.37. The number of thiophene rings is 1. The first kappa shape index (κ1) is 13.6. The summed E-state index contributed by atoms with van der Waals surface area (Å²) in [7, 11) is 1.69. The molecule has 1 aliphatic rings. The molecule has 0 bridgehead atoms. The number of carbonyl (C=O) groups excluding carboxylic acids is 1. The fraction of sp³-hybridized carbons (Fsp3) is 0.267. The summed E-state index contributed by atoms with van der Waals surface area (Å²) in [5, 5.41) is 4.94. The van der Waals surface area contributed by atoms with E-state index in [-0.39, 0.29) is 10.7 Å². The van der Waals surface area contributed by atoms with Crippen molar-refractivity contribution in [1.29, 1.82) is 0 Å². The summed E-state index contributed by atoms with van der Waals surface area (Å²) < 4.78 is 5.38. The fourth-order valence-electron chi connectivity index (χ4n) is 2.37. The maximum atomic E-state index is 11.4. The number of halogens is 1. The van der Waals surface area contributed by atoms with Gasteiger partial charge < -0.3 is 10.1 Å². The Labute approximate surface area is 130 Å². The average molecular weight is 352 g/mol. The van der Waals surface area contributed by atoms with Gasteiger partial charge in [0.1, 0.15) is 5.75 Å². The quantitative estimate of drug-likeness (QED) is 0.844. The molecule has 0 saturated heterocycles. The van der Waals surface area contributed by atoms with Gasteiger partial charge in [-0.05, 0) is 35.1 Å². The topological polar surface area (TPSA) is 38.3 Å². The summed E-state index contributed by atoms with van der Waals surface area (Å²) in [6.45, 7) is 0. The molecule has 0 aliphatic carbocycles. The minimum atomic E-state index is 0.0977. The minimum absolute atomic E-state index is 0.0977. The normalized spacial score (nSPS) is 15.4. The van der Waals surface area contributed by atoms with E-state index in [1.54, 1.807) is 18.4 Å². The zero-order chi connectivity index (χ0) is 14.1. The lowest BCUT2D eigenvalue weighted by molar-refractivity contribution is -0.116. The molecule has 1 aromatic heterocycles. The number of nitrogens with one attached hydrogen (secondary N) is 1. The summed E-state index contributed by atoms with van der Waals surface area (Å²) in [4.78, 5) is 12.7. The average Bonchev–Trinajstić information content (AvgIpc) is 2.94. The van der Waals surface area contributed by atoms with Gasteiger partial charge in [-0.15, -0.1) is 11.3 Å². The standard InChI is InChI=1S/C15H14BrNO2S/c1-19-12-6-7-20-15(12)14(16)10-2-4-11-9(8-10)3-5-13(18)17-11/h2,4,6-8,14H,3,5H2,1H3,(H,17,18). The number of methoxy groups -OCH3 is 1. The monoisotopic (exact) mass is 351 g/mol. The Morgan fingerprint density at radius 3 is 3.00 bits per heavy atom. The highest BCUT2D eigenvalue weighted by molar-refractivity contribution is 9.09. The van der Waals surface area contributed by atoms with Crippen molar-refractivity contribution in [2.45, 2.75) is 17.7 Å². The third-order valence-corrected chi connectivity index (χ3v) is 5.68. The molecule has 1 aromatic carbocycles. The van der Waals surface area contributed by atoms with Crippen molar-refractivity contribution in [1.82, 2.24) is 0 Å². The maximum Gasteiger partial charge on any atom is 0.224 e. The molecule has 0 saturated carbocycles. The third-order valence-electron chi connectivity index (χ3n) is 3.42. The molecule has 1 amide bonds. The van der Waals surface area contributed by atoms with Crippen LogP contribution in [0.15, 0.2) is 29.6 Å². The van der Waals surface area contributed by atoms with Crippen LogP contribution in [0.25, 0.3) is 0 Å². The number of anilines is 1. The van der Waals surface area contributed by atoms with Crippen molar-refractivity contribution in [3.05, 3.63) is 45.6 Å². The molecule has 104 valence electrons. The van der Waals surface area contributed by atoms with E-state index in [0.29, 0.717) is 6.42 Å². The number of ether oxygens (including phenoxy) is 1.